The van der Waals surface area contributed by atoms with Crippen LogP contribution in [0.1, 0.15) is 32.6 Å². The first-order valence-corrected chi connectivity index (χ1v) is 9.03. The molecule has 19 heavy (non-hydrogen) atoms. The predicted octanol–water partition coefficient (Wildman–Crippen LogP) is 3.65. The molecule has 1 aromatic rings. The third-order valence-electron chi connectivity index (χ3n) is 3.72. The Labute approximate surface area is 124 Å². The third kappa shape index (κ3) is 3.38. The summed E-state index contributed by atoms with van der Waals surface area (Å²) in [5, 5.41) is 0. The number of hydrogen-bond acceptors (Lipinski definition) is 2. The van der Waals surface area contributed by atoms with Crippen LogP contribution in [-0.2, 0) is 10.0 Å². The summed E-state index contributed by atoms with van der Waals surface area (Å²) in [7, 11) is -3.34. The second-order valence-corrected chi connectivity index (χ2v) is 7.83. The summed E-state index contributed by atoms with van der Waals surface area (Å²) in [6.45, 7) is 3.48. The molecule has 0 spiro atoms. The summed E-state index contributed by atoms with van der Waals surface area (Å²) < 4.78 is 27.4. The molecule has 0 aliphatic carbocycles. The van der Waals surface area contributed by atoms with Crippen LogP contribution in [0.2, 0.25) is 0 Å². The van der Waals surface area contributed by atoms with Gasteiger partial charge in [-0.25, -0.2) is 8.42 Å². The van der Waals surface area contributed by atoms with Crippen LogP contribution < -0.4 is 0 Å². The second kappa shape index (κ2) is 6.37. The lowest BCUT2D eigenvalue weighted by Crippen LogP contribution is -2.38. The van der Waals surface area contributed by atoms with E-state index in [1.807, 2.05) is 6.07 Å². The number of sulfonamides is 1. The van der Waals surface area contributed by atoms with E-state index in [1.54, 1.807) is 22.5 Å². The zero-order valence-electron chi connectivity index (χ0n) is 11.2. The third-order valence-corrected chi connectivity index (χ3v) is 6.64. The summed E-state index contributed by atoms with van der Waals surface area (Å²) in [5.41, 5.74) is 0. The van der Waals surface area contributed by atoms with Crippen LogP contribution in [0.5, 0.6) is 0 Å². The van der Waals surface area contributed by atoms with Crippen LogP contribution in [0, 0.1) is 5.92 Å². The number of nitrogens with zero attached hydrogens (tertiary/aromatic N) is 1. The second-order valence-electron chi connectivity index (χ2n) is 5.07. The van der Waals surface area contributed by atoms with E-state index in [0.717, 1.165) is 12.8 Å². The molecule has 0 aromatic heterocycles. The van der Waals surface area contributed by atoms with Gasteiger partial charge in [0.25, 0.3) is 0 Å². The van der Waals surface area contributed by atoms with E-state index >= 15 is 0 Å². The quantitative estimate of drug-likeness (QED) is 0.835. The Morgan fingerprint density at radius 1 is 1.26 bits per heavy atom. The van der Waals surface area contributed by atoms with E-state index < -0.39 is 10.0 Å². The van der Waals surface area contributed by atoms with Gasteiger partial charge < -0.3 is 0 Å². The Balaban J connectivity index is 2.12. The highest BCUT2D eigenvalue weighted by molar-refractivity contribution is 9.10. The monoisotopic (exact) mass is 345 g/mol. The predicted molar refractivity (Wildman–Crippen MR) is 80.5 cm³/mol. The zero-order valence-corrected chi connectivity index (χ0v) is 13.6. The molecule has 0 unspecified atom stereocenters. The van der Waals surface area contributed by atoms with Gasteiger partial charge in [0.15, 0.2) is 0 Å². The molecule has 2 rings (SSSR count). The van der Waals surface area contributed by atoms with Crippen molar-refractivity contribution < 1.29 is 8.42 Å². The summed E-state index contributed by atoms with van der Waals surface area (Å²) in [4.78, 5) is 0.379. The number of piperidine rings is 1. The van der Waals surface area contributed by atoms with Gasteiger partial charge in [-0.3, -0.25) is 0 Å². The fourth-order valence-electron chi connectivity index (χ4n) is 2.64. The molecule has 0 radical (unpaired) electrons. The Hall–Kier alpha value is -0.390. The summed E-state index contributed by atoms with van der Waals surface area (Å²) >= 11 is 3.33. The lowest BCUT2D eigenvalue weighted by atomic mass is 9.94. The molecule has 3 nitrogen and oxygen atoms in total. The van der Waals surface area contributed by atoms with Gasteiger partial charge >= 0.3 is 0 Å². The molecule has 1 aliphatic heterocycles. The fourth-order valence-corrected chi connectivity index (χ4v) is 5.07. The van der Waals surface area contributed by atoms with Crippen LogP contribution in [0.15, 0.2) is 33.6 Å². The first-order chi connectivity index (χ1) is 9.05. The molecule has 1 aliphatic rings. The summed E-state index contributed by atoms with van der Waals surface area (Å²) in [6.07, 6.45) is 4.36. The van der Waals surface area contributed by atoms with Gasteiger partial charge in [0.1, 0.15) is 0 Å². The highest BCUT2D eigenvalue weighted by Crippen LogP contribution is 2.29. The van der Waals surface area contributed by atoms with E-state index in [0.29, 0.717) is 28.4 Å². The number of hydrogen-bond donors (Lipinski definition) is 0. The summed E-state index contributed by atoms with van der Waals surface area (Å²) in [6, 6.07) is 7.03. The molecular formula is C14H20BrNO2S. The minimum absolute atomic E-state index is 0.379. The highest BCUT2D eigenvalue weighted by Gasteiger charge is 2.30. The molecule has 5 heteroatoms. The molecule has 1 saturated heterocycles. The van der Waals surface area contributed by atoms with Gasteiger partial charge in [0, 0.05) is 17.6 Å². The minimum Gasteiger partial charge on any atom is -0.207 e. The first-order valence-electron chi connectivity index (χ1n) is 6.80. The van der Waals surface area contributed by atoms with E-state index in [-0.39, 0.29) is 0 Å². The van der Waals surface area contributed by atoms with Gasteiger partial charge in [-0.2, -0.15) is 4.31 Å². The van der Waals surface area contributed by atoms with E-state index in [9.17, 15) is 8.42 Å². The Kier molecular flexibility index (Phi) is 5.03. The lowest BCUT2D eigenvalue weighted by Gasteiger charge is -2.31. The highest BCUT2D eigenvalue weighted by atomic mass is 79.9. The van der Waals surface area contributed by atoms with Crippen molar-refractivity contribution in [2.24, 2.45) is 5.92 Å². The van der Waals surface area contributed by atoms with Crippen LogP contribution in [0.3, 0.4) is 0 Å². The molecule has 0 saturated carbocycles. The standard InChI is InChI=1S/C14H20BrNO2S/c1-2-5-12-8-10-16(11-9-12)19(17,18)14-7-4-3-6-13(14)15/h3-4,6-7,12H,2,5,8-11H2,1H3. The average Bonchev–Trinajstić information content (AvgIpc) is 2.40. The van der Waals surface area contributed by atoms with Crippen molar-refractivity contribution in [1.82, 2.24) is 4.31 Å². The average molecular weight is 346 g/mol. The van der Waals surface area contributed by atoms with Crippen LogP contribution in [0.25, 0.3) is 0 Å². The van der Waals surface area contributed by atoms with E-state index in [1.165, 1.54) is 12.8 Å². The molecule has 1 fully saturated rings. The molecule has 0 bridgehead atoms. The van der Waals surface area contributed by atoms with Gasteiger partial charge in [-0.15, -0.1) is 0 Å². The maximum absolute atomic E-state index is 12.6. The van der Waals surface area contributed by atoms with Crippen molar-refractivity contribution in [3.05, 3.63) is 28.7 Å². The number of rotatable bonds is 4. The molecule has 106 valence electrons. The Bertz CT molecular complexity index is 522. The Morgan fingerprint density at radius 2 is 1.89 bits per heavy atom. The van der Waals surface area contributed by atoms with Crippen molar-refractivity contribution in [2.45, 2.75) is 37.5 Å². The number of benzene rings is 1. The van der Waals surface area contributed by atoms with Gasteiger partial charge in [-0.1, -0.05) is 31.9 Å². The summed E-state index contributed by atoms with van der Waals surface area (Å²) in [5.74, 6) is 0.690. The van der Waals surface area contributed by atoms with E-state index in [4.69, 9.17) is 0 Å². The largest absolute Gasteiger partial charge is 0.244 e. The van der Waals surface area contributed by atoms with Crippen molar-refractivity contribution in [3.8, 4) is 0 Å². The van der Waals surface area contributed by atoms with Crippen molar-refractivity contribution >= 4 is 26.0 Å². The fraction of sp³-hybridized carbons (Fsp3) is 0.571. The van der Waals surface area contributed by atoms with Crippen molar-refractivity contribution in [2.75, 3.05) is 13.1 Å². The van der Waals surface area contributed by atoms with Gasteiger partial charge in [0.05, 0.1) is 4.90 Å². The topological polar surface area (TPSA) is 37.4 Å². The van der Waals surface area contributed by atoms with Crippen LogP contribution in [-0.4, -0.2) is 25.8 Å². The lowest BCUT2D eigenvalue weighted by molar-refractivity contribution is 0.262. The molecule has 1 aromatic carbocycles. The maximum atomic E-state index is 12.6. The minimum atomic E-state index is -3.34. The van der Waals surface area contributed by atoms with E-state index in [2.05, 4.69) is 22.9 Å². The SMILES string of the molecule is CCCC1CCN(S(=O)(=O)c2ccccc2Br)CC1. The first kappa shape index (κ1) is 15.0. The smallest absolute Gasteiger partial charge is 0.207 e. The normalized spacial score (nSPS) is 18.6. The Morgan fingerprint density at radius 3 is 2.47 bits per heavy atom. The molecule has 1 heterocycles. The molecule has 0 N–H and O–H groups in total. The van der Waals surface area contributed by atoms with Crippen molar-refractivity contribution in [3.63, 3.8) is 0 Å². The van der Waals surface area contributed by atoms with Crippen LogP contribution >= 0.6 is 15.9 Å². The zero-order chi connectivity index (χ0) is 13.9. The molecular weight excluding hydrogens is 326 g/mol. The van der Waals surface area contributed by atoms with Gasteiger partial charge in [0.2, 0.25) is 10.0 Å². The van der Waals surface area contributed by atoms with Crippen LogP contribution in [0.4, 0.5) is 0 Å². The molecule has 0 atom stereocenters. The molecule has 0 amide bonds. The number of halogens is 1. The van der Waals surface area contributed by atoms with Gasteiger partial charge in [-0.05, 0) is 46.8 Å². The maximum Gasteiger partial charge on any atom is 0.244 e. The van der Waals surface area contributed by atoms with Crippen molar-refractivity contribution in [1.29, 1.82) is 0 Å².